The monoisotopic (exact) mass is 224 g/mol. The van der Waals surface area contributed by atoms with Crippen LogP contribution in [0.2, 0.25) is 0 Å². The molecule has 0 aliphatic rings. The number of hydrogen-bond donors (Lipinski definition) is 0. The molecule has 0 heterocycles. The summed E-state index contributed by atoms with van der Waals surface area (Å²) in [5.41, 5.74) is 0. The fourth-order valence-electron chi connectivity index (χ4n) is 0.924. The molecular formula is C9H14F2O4. The molecule has 88 valence electrons. The predicted octanol–water partition coefficient (Wildman–Crippen LogP) is 1.38. The molecule has 0 spiro atoms. The summed E-state index contributed by atoms with van der Waals surface area (Å²) in [6.07, 6.45) is -3.57. The van der Waals surface area contributed by atoms with E-state index in [2.05, 4.69) is 9.47 Å². The summed E-state index contributed by atoms with van der Waals surface area (Å²) in [7, 11) is 0. The Hall–Kier alpha value is -1.20. The molecule has 1 atom stereocenters. The third-order valence-electron chi connectivity index (χ3n) is 1.59. The van der Waals surface area contributed by atoms with Gasteiger partial charge in [-0.3, -0.25) is 9.59 Å². The maximum absolute atomic E-state index is 12.4. The molecule has 0 aromatic rings. The average Bonchev–Trinajstić information content (AvgIpc) is 2.14. The van der Waals surface area contributed by atoms with Crippen molar-refractivity contribution in [3.05, 3.63) is 0 Å². The fourth-order valence-corrected chi connectivity index (χ4v) is 0.924. The van der Waals surface area contributed by atoms with Gasteiger partial charge in [0, 0.05) is 0 Å². The molecule has 0 radical (unpaired) electrons. The number of ether oxygens (including phenoxy) is 2. The minimum absolute atomic E-state index is 0.00484. The quantitative estimate of drug-likeness (QED) is 0.639. The van der Waals surface area contributed by atoms with E-state index in [1.807, 2.05) is 0 Å². The Bertz CT molecular complexity index is 218. The van der Waals surface area contributed by atoms with E-state index in [-0.39, 0.29) is 13.2 Å². The molecule has 0 bridgehead atoms. The molecule has 0 saturated carbocycles. The number of halogens is 2. The van der Waals surface area contributed by atoms with Gasteiger partial charge >= 0.3 is 11.9 Å². The van der Waals surface area contributed by atoms with Crippen molar-refractivity contribution in [1.29, 1.82) is 0 Å². The van der Waals surface area contributed by atoms with Crippen molar-refractivity contribution in [3.8, 4) is 0 Å². The summed E-state index contributed by atoms with van der Waals surface area (Å²) < 4.78 is 33.6. The van der Waals surface area contributed by atoms with E-state index in [0.717, 1.165) is 0 Å². The lowest BCUT2D eigenvalue weighted by atomic mass is 10.1. The second kappa shape index (κ2) is 7.14. The molecule has 0 aromatic heterocycles. The molecule has 15 heavy (non-hydrogen) atoms. The highest BCUT2D eigenvalue weighted by Gasteiger charge is 2.32. The molecule has 4 nitrogen and oxygen atoms in total. The highest BCUT2D eigenvalue weighted by molar-refractivity contribution is 5.80. The van der Waals surface area contributed by atoms with Crippen molar-refractivity contribution in [2.45, 2.75) is 26.7 Å². The normalized spacial score (nSPS) is 12.3. The smallest absolute Gasteiger partial charge is 0.315 e. The standard InChI is InChI=1S/C9H14F2O4/c1-3-14-7(12)5-6(8(10)11)9(13)15-4-2/h6,8H,3-5H2,1-2H3. The van der Waals surface area contributed by atoms with Crippen LogP contribution < -0.4 is 0 Å². The third-order valence-corrected chi connectivity index (χ3v) is 1.59. The zero-order valence-corrected chi connectivity index (χ0v) is 8.66. The largest absolute Gasteiger partial charge is 0.466 e. The van der Waals surface area contributed by atoms with Crippen molar-refractivity contribution < 1.29 is 27.8 Å². The highest BCUT2D eigenvalue weighted by atomic mass is 19.3. The Morgan fingerprint density at radius 1 is 1.13 bits per heavy atom. The van der Waals surface area contributed by atoms with Crippen LogP contribution in [0.4, 0.5) is 8.78 Å². The van der Waals surface area contributed by atoms with Crippen LogP contribution in [0.25, 0.3) is 0 Å². The molecule has 0 aliphatic carbocycles. The summed E-state index contributed by atoms with van der Waals surface area (Å²) in [5, 5.41) is 0. The van der Waals surface area contributed by atoms with E-state index in [1.165, 1.54) is 6.92 Å². The van der Waals surface area contributed by atoms with E-state index in [9.17, 15) is 18.4 Å². The molecule has 0 N–H and O–H groups in total. The Labute approximate surface area is 86.5 Å². The third kappa shape index (κ3) is 5.29. The van der Waals surface area contributed by atoms with Crippen LogP contribution in [-0.2, 0) is 19.1 Å². The van der Waals surface area contributed by atoms with Gasteiger partial charge in [0.25, 0.3) is 6.43 Å². The minimum atomic E-state index is -2.92. The molecule has 0 aliphatic heterocycles. The Kier molecular flexibility index (Phi) is 6.57. The van der Waals surface area contributed by atoms with Crippen LogP contribution >= 0.6 is 0 Å². The zero-order valence-electron chi connectivity index (χ0n) is 8.66. The number of carbonyl (C=O) groups excluding carboxylic acids is 2. The number of esters is 2. The summed E-state index contributed by atoms with van der Waals surface area (Å²) in [4.78, 5) is 21.9. The van der Waals surface area contributed by atoms with E-state index in [4.69, 9.17) is 0 Å². The van der Waals surface area contributed by atoms with Crippen LogP contribution in [-0.4, -0.2) is 31.6 Å². The van der Waals surface area contributed by atoms with Crippen LogP contribution in [0.5, 0.6) is 0 Å². The molecule has 0 saturated heterocycles. The molecule has 0 fully saturated rings. The Morgan fingerprint density at radius 2 is 1.67 bits per heavy atom. The maximum atomic E-state index is 12.4. The summed E-state index contributed by atoms with van der Waals surface area (Å²) in [5.74, 6) is -3.62. The van der Waals surface area contributed by atoms with Crippen LogP contribution in [0, 0.1) is 5.92 Å². The van der Waals surface area contributed by atoms with Gasteiger partial charge in [0.05, 0.1) is 19.6 Å². The topological polar surface area (TPSA) is 52.6 Å². The number of alkyl halides is 2. The fraction of sp³-hybridized carbons (Fsp3) is 0.778. The van der Waals surface area contributed by atoms with Crippen molar-refractivity contribution in [3.63, 3.8) is 0 Å². The van der Waals surface area contributed by atoms with E-state index >= 15 is 0 Å². The van der Waals surface area contributed by atoms with E-state index < -0.39 is 30.7 Å². The minimum Gasteiger partial charge on any atom is -0.466 e. The van der Waals surface area contributed by atoms with Crippen LogP contribution in [0.1, 0.15) is 20.3 Å². The lowest BCUT2D eigenvalue weighted by molar-refractivity contribution is -0.160. The van der Waals surface area contributed by atoms with Gasteiger partial charge in [-0.1, -0.05) is 0 Å². The second-order valence-corrected chi connectivity index (χ2v) is 2.70. The first kappa shape index (κ1) is 13.8. The predicted molar refractivity (Wildman–Crippen MR) is 47.4 cm³/mol. The van der Waals surface area contributed by atoms with Gasteiger partial charge in [0.1, 0.15) is 5.92 Å². The molecule has 0 rings (SSSR count). The highest BCUT2D eigenvalue weighted by Crippen LogP contribution is 2.16. The zero-order chi connectivity index (χ0) is 11.8. The van der Waals surface area contributed by atoms with Gasteiger partial charge in [-0.25, -0.2) is 8.78 Å². The van der Waals surface area contributed by atoms with Gasteiger partial charge in [0.15, 0.2) is 0 Å². The van der Waals surface area contributed by atoms with Gasteiger partial charge in [0.2, 0.25) is 0 Å². The van der Waals surface area contributed by atoms with Gasteiger partial charge in [-0.15, -0.1) is 0 Å². The number of rotatable bonds is 6. The van der Waals surface area contributed by atoms with Crippen molar-refractivity contribution in [1.82, 2.24) is 0 Å². The number of hydrogen-bond acceptors (Lipinski definition) is 4. The summed E-state index contributed by atoms with van der Waals surface area (Å²) in [6.45, 7) is 3.16. The number of carbonyl (C=O) groups is 2. The van der Waals surface area contributed by atoms with Gasteiger partial charge in [-0.2, -0.15) is 0 Å². The van der Waals surface area contributed by atoms with Gasteiger partial charge < -0.3 is 9.47 Å². The van der Waals surface area contributed by atoms with Gasteiger partial charge in [-0.05, 0) is 13.8 Å². The van der Waals surface area contributed by atoms with Crippen LogP contribution in [0.15, 0.2) is 0 Å². The first-order valence-corrected chi connectivity index (χ1v) is 4.63. The molecular weight excluding hydrogens is 210 g/mol. The van der Waals surface area contributed by atoms with Crippen LogP contribution in [0.3, 0.4) is 0 Å². The van der Waals surface area contributed by atoms with E-state index in [0.29, 0.717) is 0 Å². The Morgan fingerprint density at radius 3 is 2.07 bits per heavy atom. The molecule has 6 heteroatoms. The molecule has 1 unspecified atom stereocenters. The molecule has 0 aromatic carbocycles. The second-order valence-electron chi connectivity index (χ2n) is 2.70. The molecule has 0 amide bonds. The maximum Gasteiger partial charge on any atom is 0.315 e. The van der Waals surface area contributed by atoms with Crippen molar-refractivity contribution in [2.24, 2.45) is 5.92 Å². The van der Waals surface area contributed by atoms with Crippen molar-refractivity contribution >= 4 is 11.9 Å². The summed E-state index contributed by atoms with van der Waals surface area (Å²) in [6, 6.07) is 0. The SMILES string of the molecule is CCOC(=O)CC(C(=O)OCC)C(F)F. The first-order valence-electron chi connectivity index (χ1n) is 4.63. The van der Waals surface area contributed by atoms with Crippen molar-refractivity contribution in [2.75, 3.05) is 13.2 Å². The summed E-state index contributed by atoms with van der Waals surface area (Å²) >= 11 is 0. The average molecular weight is 224 g/mol. The lowest BCUT2D eigenvalue weighted by Gasteiger charge is -2.13. The lowest BCUT2D eigenvalue weighted by Crippen LogP contribution is -2.28. The Balaban J connectivity index is 4.27. The first-order chi connectivity index (χ1) is 7.02. The van der Waals surface area contributed by atoms with E-state index in [1.54, 1.807) is 6.92 Å².